The van der Waals surface area contributed by atoms with Gasteiger partial charge >= 0.3 is 5.97 Å². The van der Waals surface area contributed by atoms with Crippen LogP contribution in [0.2, 0.25) is 0 Å². The van der Waals surface area contributed by atoms with E-state index in [0.29, 0.717) is 6.42 Å². The zero-order chi connectivity index (χ0) is 10.7. The van der Waals surface area contributed by atoms with Gasteiger partial charge in [0.2, 0.25) is 5.56 Å². The van der Waals surface area contributed by atoms with E-state index in [2.05, 4.69) is 0 Å². The van der Waals surface area contributed by atoms with E-state index < -0.39 is 11.9 Å². The van der Waals surface area contributed by atoms with Crippen molar-refractivity contribution in [2.45, 2.75) is 13.3 Å². The first-order chi connectivity index (χ1) is 6.50. The number of carbonyl (C=O) groups is 1. The van der Waals surface area contributed by atoms with Crippen LogP contribution >= 0.6 is 0 Å². The van der Waals surface area contributed by atoms with E-state index in [1.807, 2.05) is 0 Å². The van der Waals surface area contributed by atoms with Gasteiger partial charge in [0.05, 0.1) is 5.92 Å². The van der Waals surface area contributed by atoms with Gasteiger partial charge in [0.25, 0.3) is 0 Å². The minimum Gasteiger partial charge on any atom is -0.481 e. The SMILES string of the molecule is CC(Cc1ccc(=O)n(C)c1)C(=O)O. The number of rotatable bonds is 3. The maximum absolute atomic E-state index is 11.0. The maximum atomic E-state index is 11.0. The van der Waals surface area contributed by atoms with E-state index in [0.717, 1.165) is 5.56 Å². The van der Waals surface area contributed by atoms with Gasteiger partial charge in [-0.3, -0.25) is 9.59 Å². The zero-order valence-corrected chi connectivity index (χ0v) is 8.23. The Bertz CT molecular complexity index is 395. The molecule has 0 amide bonds. The number of hydrogen-bond donors (Lipinski definition) is 1. The first-order valence-corrected chi connectivity index (χ1v) is 4.39. The van der Waals surface area contributed by atoms with Gasteiger partial charge in [-0.1, -0.05) is 13.0 Å². The lowest BCUT2D eigenvalue weighted by molar-refractivity contribution is -0.141. The minimum atomic E-state index is -0.821. The molecule has 0 aliphatic heterocycles. The van der Waals surface area contributed by atoms with E-state index in [1.165, 1.54) is 10.6 Å². The Labute approximate surface area is 81.8 Å². The highest BCUT2D eigenvalue weighted by Gasteiger charge is 2.11. The molecular weight excluding hydrogens is 182 g/mol. The number of pyridine rings is 1. The second-order valence-corrected chi connectivity index (χ2v) is 3.43. The molecule has 1 aromatic rings. The number of hydrogen-bond acceptors (Lipinski definition) is 2. The second kappa shape index (κ2) is 4.09. The minimum absolute atomic E-state index is 0.0864. The highest BCUT2D eigenvalue weighted by Crippen LogP contribution is 2.06. The van der Waals surface area contributed by atoms with Crippen molar-refractivity contribution in [1.29, 1.82) is 0 Å². The average Bonchev–Trinajstić information content (AvgIpc) is 2.11. The zero-order valence-electron chi connectivity index (χ0n) is 8.23. The van der Waals surface area contributed by atoms with Crippen molar-refractivity contribution in [3.63, 3.8) is 0 Å². The van der Waals surface area contributed by atoms with Gasteiger partial charge < -0.3 is 9.67 Å². The van der Waals surface area contributed by atoms with Crippen LogP contribution in [0, 0.1) is 5.92 Å². The Balaban J connectivity index is 2.83. The fourth-order valence-corrected chi connectivity index (χ4v) is 1.21. The Morgan fingerprint density at radius 1 is 1.57 bits per heavy atom. The summed E-state index contributed by atoms with van der Waals surface area (Å²) in [6, 6.07) is 3.12. The van der Waals surface area contributed by atoms with Crippen LogP contribution in [0.5, 0.6) is 0 Å². The number of aliphatic carboxylic acids is 1. The number of aromatic nitrogens is 1. The van der Waals surface area contributed by atoms with Crippen molar-refractivity contribution in [2.75, 3.05) is 0 Å². The van der Waals surface area contributed by atoms with Crippen LogP contribution in [0.15, 0.2) is 23.1 Å². The fraction of sp³-hybridized carbons (Fsp3) is 0.400. The normalized spacial score (nSPS) is 12.4. The monoisotopic (exact) mass is 195 g/mol. The second-order valence-electron chi connectivity index (χ2n) is 3.43. The van der Waals surface area contributed by atoms with Gasteiger partial charge in [-0.25, -0.2) is 0 Å². The third-order valence-corrected chi connectivity index (χ3v) is 2.11. The molecular formula is C10H13NO3. The molecule has 1 rings (SSSR count). The summed E-state index contributed by atoms with van der Waals surface area (Å²) in [5, 5.41) is 8.70. The molecule has 0 radical (unpaired) electrons. The molecule has 0 aliphatic rings. The Morgan fingerprint density at radius 2 is 2.21 bits per heavy atom. The van der Waals surface area contributed by atoms with Crippen LogP contribution in [-0.4, -0.2) is 15.6 Å². The molecule has 14 heavy (non-hydrogen) atoms. The Kier molecular flexibility index (Phi) is 3.06. The molecule has 1 unspecified atom stereocenters. The van der Waals surface area contributed by atoms with E-state index in [-0.39, 0.29) is 5.56 Å². The van der Waals surface area contributed by atoms with Crippen LogP contribution in [0.4, 0.5) is 0 Å². The average molecular weight is 195 g/mol. The fourth-order valence-electron chi connectivity index (χ4n) is 1.21. The Hall–Kier alpha value is -1.58. The molecule has 0 saturated carbocycles. The summed E-state index contributed by atoms with van der Waals surface area (Å²) in [6.45, 7) is 1.65. The van der Waals surface area contributed by atoms with Crippen molar-refractivity contribution >= 4 is 5.97 Å². The summed E-state index contributed by atoms with van der Waals surface area (Å²) in [6.07, 6.45) is 2.12. The van der Waals surface area contributed by atoms with Crippen molar-refractivity contribution in [2.24, 2.45) is 13.0 Å². The van der Waals surface area contributed by atoms with Crippen molar-refractivity contribution in [3.8, 4) is 0 Å². The summed E-state index contributed by atoms with van der Waals surface area (Å²) in [5.41, 5.74) is 0.777. The summed E-state index contributed by atoms with van der Waals surface area (Å²) < 4.78 is 1.45. The van der Waals surface area contributed by atoms with Gasteiger partial charge in [0.15, 0.2) is 0 Å². The largest absolute Gasteiger partial charge is 0.481 e. The predicted molar refractivity (Wildman–Crippen MR) is 52.2 cm³/mol. The standard InChI is InChI=1S/C10H13NO3/c1-7(10(13)14)5-8-3-4-9(12)11(2)6-8/h3-4,6-7H,5H2,1-2H3,(H,13,14). The molecule has 1 N–H and O–H groups in total. The number of nitrogens with zero attached hydrogens (tertiary/aromatic N) is 1. The third kappa shape index (κ3) is 2.45. The molecule has 4 heteroatoms. The highest BCUT2D eigenvalue weighted by molar-refractivity contribution is 5.69. The van der Waals surface area contributed by atoms with Crippen LogP contribution in [0.25, 0.3) is 0 Å². The van der Waals surface area contributed by atoms with E-state index >= 15 is 0 Å². The first kappa shape index (κ1) is 10.5. The van der Waals surface area contributed by atoms with E-state index in [4.69, 9.17) is 5.11 Å². The van der Waals surface area contributed by atoms with Gasteiger partial charge in [-0.15, -0.1) is 0 Å². The van der Waals surface area contributed by atoms with E-state index in [9.17, 15) is 9.59 Å². The maximum Gasteiger partial charge on any atom is 0.306 e. The first-order valence-electron chi connectivity index (χ1n) is 4.39. The molecule has 0 aliphatic carbocycles. The van der Waals surface area contributed by atoms with Gasteiger partial charge in [0.1, 0.15) is 0 Å². The van der Waals surface area contributed by atoms with Gasteiger partial charge in [-0.05, 0) is 12.0 Å². The molecule has 0 spiro atoms. The highest BCUT2D eigenvalue weighted by atomic mass is 16.4. The number of carboxylic acid groups (broad SMARTS) is 1. The third-order valence-electron chi connectivity index (χ3n) is 2.11. The predicted octanol–water partition coefficient (Wildman–Crippen LogP) is 0.648. The van der Waals surface area contributed by atoms with Crippen LogP contribution in [0.1, 0.15) is 12.5 Å². The number of carboxylic acids is 1. The molecule has 1 heterocycles. The van der Waals surface area contributed by atoms with Crippen molar-refractivity contribution in [3.05, 3.63) is 34.2 Å². The van der Waals surface area contributed by atoms with Crippen molar-refractivity contribution in [1.82, 2.24) is 4.57 Å². The van der Waals surface area contributed by atoms with Gasteiger partial charge in [-0.2, -0.15) is 0 Å². The van der Waals surface area contributed by atoms with Crippen molar-refractivity contribution < 1.29 is 9.90 Å². The molecule has 1 atom stereocenters. The summed E-state index contributed by atoms with van der Waals surface area (Å²) in [4.78, 5) is 21.6. The van der Waals surface area contributed by atoms with Crippen LogP contribution in [-0.2, 0) is 18.3 Å². The molecule has 0 fully saturated rings. The van der Waals surface area contributed by atoms with Gasteiger partial charge in [0, 0.05) is 19.3 Å². The smallest absolute Gasteiger partial charge is 0.306 e. The molecule has 0 aromatic carbocycles. The lowest BCUT2D eigenvalue weighted by atomic mass is 10.0. The lowest BCUT2D eigenvalue weighted by Crippen LogP contribution is -2.17. The topological polar surface area (TPSA) is 59.3 Å². The van der Waals surface area contributed by atoms with Crippen LogP contribution in [0.3, 0.4) is 0 Å². The lowest BCUT2D eigenvalue weighted by Gasteiger charge is -2.06. The summed E-state index contributed by atoms with van der Waals surface area (Å²) >= 11 is 0. The summed E-state index contributed by atoms with van der Waals surface area (Å²) in [5.74, 6) is -1.24. The molecule has 0 bridgehead atoms. The number of aryl methyl sites for hydroxylation is 1. The molecule has 76 valence electrons. The van der Waals surface area contributed by atoms with Crippen LogP contribution < -0.4 is 5.56 Å². The van der Waals surface area contributed by atoms with E-state index in [1.54, 1.807) is 26.2 Å². The molecule has 4 nitrogen and oxygen atoms in total. The quantitative estimate of drug-likeness (QED) is 0.770. The Morgan fingerprint density at radius 3 is 2.71 bits per heavy atom. The molecule has 1 aromatic heterocycles. The summed E-state index contributed by atoms with van der Waals surface area (Å²) in [7, 11) is 1.65. The molecule has 0 saturated heterocycles.